The van der Waals surface area contributed by atoms with E-state index in [1.54, 1.807) is 0 Å². The fourth-order valence-electron chi connectivity index (χ4n) is 2.46. The highest BCUT2D eigenvalue weighted by Crippen LogP contribution is 2.36. The topological polar surface area (TPSA) is 51.2 Å². The summed E-state index contributed by atoms with van der Waals surface area (Å²) in [6.07, 6.45) is 3.85. The van der Waals surface area contributed by atoms with Crippen molar-refractivity contribution in [3.63, 3.8) is 0 Å². The van der Waals surface area contributed by atoms with Gasteiger partial charge in [-0.15, -0.1) is 0 Å². The number of Topliss-reactive ketones (excluding diaryl/α,β-unsaturated/α-hetero) is 1. The maximum absolute atomic E-state index is 12.3. The molecule has 100 valence electrons. The van der Waals surface area contributed by atoms with Gasteiger partial charge in [-0.3, -0.25) is 4.79 Å². The van der Waals surface area contributed by atoms with Gasteiger partial charge in [0, 0.05) is 12.2 Å². The first-order chi connectivity index (χ1) is 7.57. The second kappa shape index (κ2) is 4.71. The summed E-state index contributed by atoms with van der Waals surface area (Å²) in [5.41, 5.74) is 0. The van der Waals surface area contributed by atoms with E-state index in [1.807, 2.05) is 0 Å². The van der Waals surface area contributed by atoms with Crippen LogP contribution in [0.3, 0.4) is 0 Å². The van der Waals surface area contributed by atoms with Gasteiger partial charge in [0.15, 0.2) is 15.6 Å². The van der Waals surface area contributed by atoms with Crippen LogP contribution in [0.1, 0.15) is 47.0 Å². The lowest BCUT2D eigenvalue weighted by Crippen LogP contribution is -2.45. The van der Waals surface area contributed by atoms with Gasteiger partial charge >= 0.3 is 0 Å². The lowest BCUT2D eigenvalue weighted by molar-refractivity contribution is -0.126. The van der Waals surface area contributed by atoms with Crippen molar-refractivity contribution in [3.8, 4) is 0 Å². The molecule has 1 fully saturated rings. The fourth-order valence-corrected chi connectivity index (χ4v) is 2.99. The van der Waals surface area contributed by atoms with Crippen LogP contribution in [0.4, 0.5) is 0 Å². The Morgan fingerprint density at radius 2 is 1.65 bits per heavy atom. The highest BCUT2D eigenvalue weighted by Gasteiger charge is 2.43. The van der Waals surface area contributed by atoms with E-state index in [0.29, 0.717) is 11.8 Å². The summed E-state index contributed by atoms with van der Waals surface area (Å²) in [5, 5.41) is 0. The average Bonchev–Trinajstić information content (AvgIpc) is 2.19. The van der Waals surface area contributed by atoms with Gasteiger partial charge < -0.3 is 0 Å². The molecule has 4 heteroatoms. The molecule has 1 aliphatic rings. The number of carbonyl (C=O) groups is 1. The fraction of sp³-hybridized carbons (Fsp3) is 0.923. The molecule has 17 heavy (non-hydrogen) atoms. The molecule has 0 bridgehead atoms. The number of sulfone groups is 1. The van der Waals surface area contributed by atoms with Crippen molar-refractivity contribution < 1.29 is 13.2 Å². The molecule has 0 heterocycles. The molecule has 3 unspecified atom stereocenters. The molecule has 0 radical (unpaired) electrons. The Kier molecular flexibility index (Phi) is 4.07. The second-order valence-corrected chi connectivity index (χ2v) is 8.68. The number of carbonyl (C=O) groups excluding carboxylic acids is 1. The van der Waals surface area contributed by atoms with Gasteiger partial charge in [-0.2, -0.15) is 0 Å². The van der Waals surface area contributed by atoms with E-state index in [2.05, 4.69) is 13.8 Å². The van der Waals surface area contributed by atoms with Gasteiger partial charge in [0.1, 0.15) is 4.75 Å². The molecule has 0 aliphatic heterocycles. The van der Waals surface area contributed by atoms with Crippen molar-refractivity contribution in [1.29, 1.82) is 0 Å². The molecule has 0 amide bonds. The van der Waals surface area contributed by atoms with Crippen LogP contribution in [0, 0.1) is 17.8 Å². The Labute approximate surface area is 105 Å². The largest absolute Gasteiger partial charge is 0.298 e. The Morgan fingerprint density at radius 3 is 2.06 bits per heavy atom. The zero-order valence-corrected chi connectivity index (χ0v) is 12.3. The lowest BCUT2D eigenvalue weighted by Gasteiger charge is -2.34. The molecule has 0 saturated heterocycles. The Morgan fingerprint density at radius 1 is 1.12 bits per heavy atom. The average molecular weight is 260 g/mol. The van der Waals surface area contributed by atoms with Crippen molar-refractivity contribution in [2.75, 3.05) is 6.26 Å². The summed E-state index contributed by atoms with van der Waals surface area (Å²) in [6.45, 7) is 7.42. The van der Waals surface area contributed by atoms with Crippen molar-refractivity contribution in [1.82, 2.24) is 0 Å². The van der Waals surface area contributed by atoms with Gasteiger partial charge in [-0.05, 0) is 44.9 Å². The monoisotopic (exact) mass is 260 g/mol. The van der Waals surface area contributed by atoms with Crippen molar-refractivity contribution >= 4 is 15.6 Å². The summed E-state index contributed by atoms with van der Waals surface area (Å²) >= 11 is 0. The highest BCUT2D eigenvalue weighted by atomic mass is 32.2. The van der Waals surface area contributed by atoms with Gasteiger partial charge in [-0.25, -0.2) is 8.42 Å². The van der Waals surface area contributed by atoms with Crippen LogP contribution < -0.4 is 0 Å². The zero-order valence-electron chi connectivity index (χ0n) is 11.5. The van der Waals surface area contributed by atoms with Crippen molar-refractivity contribution in [2.24, 2.45) is 17.8 Å². The van der Waals surface area contributed by atoms with Gasteiger partial charge in [-0.1, -0.05) is 13.8 Å². The van der Waals surface area contributed by atoms with E-state index in [-0.39, 0.29) is 11.7 Å². The molecule has 1 rings (SSSR count). The molecule has 1 saturated carbocycles. The SMILES string of the molecule is CC1CCC(C(=O)C(C)(C)S(C)(=O)=O)CC1C. The van der Waals surface area contributed by atoms with E-state index in [0.717, 1.165) is 25.5 Å². The standard InChI is InChI=1S/C13H24O3S/c1-9-6-7-11(8-10(9)2)12(14)13(3,4)17(5,15)16/h9-11H,6-8H2,1-5H3. The summed E-state index contributed by atoms with van der Waals surface area (Å²) < 4.78 is 22.1. The number of hydrogen-bond donors (Lipinski definition) is 0. The van der Waals surface area contributed by atoms with Crippen LogP contribution in [0.25, 0.3) is 0 Å². The third-order valence-electron chi connectivity index (χ3n) is 4.49. The summed E-state index contributed by atoms with van der Waals surface area (Å²) in [4.78, 5) is 12.3. The first kappa shape index (κ1) is 14.7. The zero-order chi connectivity index (χ0) is 13.4. The van der Waals surface area contributed by atoms with Crippen LogP contribution in [0.5, 0.6) is 0 Å². The summed E-state index contributed by atoms with van der Waals surface area (Å²) in [7, 11) is -3.33. The third kappa shape index (κ3) is 2.90. The predicted molar refractivity (Wildman–Crippen MR) is 69.6 cm³/mol. The van der Waals surface area contributed by atoms with Crippen molar-refractivity contribution in [2.45, 2.75) is 51.7 Å². The summed E-state index contributed by atoms with van der Waals surface area (Å²) in [5.74, 6) is 0.970. The van der Waals surface area contributed by atoms with Gasteiger partial charge in [0.25, 0.3) is 0 Å². The number of ketones is 1. The van der Waals surface area contributed by atoms with Crippen LogP contribution in [0.2, 0.25) is 0 Å². The predicted octanol–water partition coefficient (Wildman–Crippen LogP) is 2.45. The summed E-state index contributed by atoms with van der Waals surface area (Å²) in [6, 6.07) is 0. The molecule has 0 aromatic rings. The van der Waals surface area contributed by atoms with E-state index in [9.17, 15) is 13.2 Å². The van der Waals surface area contributed by atoms with E-state index < -0.39 is 14.6 Å². The minimum absolute atomic E-state index is 0.0778. The third-order valence-corrected chi connectivity index (χ3v) is 6.54. The number of rotatable bonds is 3. The van der Waals surface area contributed by atoms with Gasteiger partial charge in [0.2, 0.25) is 0 Å². The molecule has 0 N–H and O–H groups in total. The normalized spacial score (nSPS) is 31.2. The molecule has 3 nitrogen and oxygen atoms in total. The Balaban J connectivity index is 2.85. The quantitative estimate of drug-likeness (QED) is 0.783. The van der Waals surface area contributed by atoms with E-state index in [4.69, 9.17) is 0 Å². The Bertz CT molecular complexity index is 395. The van der Waals surface area contributed by atoms with E-state index >= 15 is 0 Å². The molecule has 0 spiro atoms. The van der Waals surface area contributed by atoms with Crippen LogP contribution in [-0.4, -0.2) is 25.2 Å². The Hall–Kier alpha value is -0.380. The molecule has 3 atom stereocenters. The molecular formula is C13H24O3S. The smallest absolute Gasteiger partial charge is 0.159 e. The maximum Gasteiger partial charge on any atom is 0.159 e. The molecule has 0 aromatic carbocycles. The van der Waals surface area contributed by atoms with Crippen LogP contribution in [0.15, 0.2) is 0 Å². The van der Waals surface area contributed by atoms with Crippen LogP contribution in [-0.2, 0) is 14.6 Å². The van der Waals surface area contributed by atoms with Crippen molar-refractivity contribution in [3.05, 3.63) is 0 Å². The van der Waals surface area contributed by atoms with E-state index in [1.165, 1.54) is 13.8 Å². The molecule has 1 aliphatic carbocycles. The first-order valence-corrected chi connectivity index (χ1v) is 8.20. The maximum atomic E-state index is 12.3. The molecular weight excluding hydrogens is 236 g/mol. The first-order valence-electron chi connectivity index (χ1n) is 6.31. The molecule has 0 aromatic heterocycles. The lowest BCUT2D eigenvalue weighted by atomic mass is 9.73. The number of hydrogen-bond acceptors (Lipinski definition) is 3. The minimum atomic E-state index is -3.33. The van der Waals surface area contributed by atoms with Gasteiger partial charge in [0.05, 0.1) is 0 Å². The second-order valence-electron chi connectivity index (χ2n) is 6.11. The van der Waals surface area contributed by atoms with Crippen LogP contribution >= 0.6 is 0 Å². The highest BCUT2D eigenvalue weighted by molar-refractivity contribution is 7.92. The minimum Gasteiger partial charge on any atom is -0.298 e.